The highest BCUT2D eigenvalue weighted by Gasteiger charge is 2.74. The fraction of sp³-hybridized carbons (Fsp3) is 0.838. The van der Waals surface area contributed by atoms with Gasteiger partial charge in [0.2, 0.25) is 0 Å². The van der Waals surface area contributed by atoms with E-state index in [0.29, 0.717) is 38.0 Å². The van der Waals surface area contributed by atoms with Crippen molar-refractivity contribution in [3.05, 3.63) is 11.6 Å². The maximum absolute atomic E-state index is 14.8. The van der Waals surface area contributed by atoms with E-state index in [1.54, 1.807) is 6.92 Å². The van der Waals surface area contributed by atoms with E-state index in [9.17, 15) is 19.5 Å². The molecule has 4 aliphatic carbocycles. The maximum atomic E-state index is 14.8. The highest BCUT2D eigenvalue weighted by atomic mass is 16.6. The fourth-order valence-electron chi connectivity index (χ4n) is 11.6. The van der Waals surface area contributed by atoms with Crippen LogP contribution in [0.5, 0.6) is 0 Å². The van der Waals surface area contributed by atoms with Gasteiger partial charge in [-0.2, -0.15) is 0 Å². The van der Waals surface area contributed by atoms with Crippen LogP contribution in [0, 0.1) is 62.1 Å². The van der Waals surface area contributed by atoms with Gasteiger partial charge >= 0.3 is 11.9 Å². The number of carbonyl (C=O) groups is 3. The van der Waals surface area contributed by atoms with Crippen molar-refractivity contribution in [2.24, 2.45) is 56.7 Å². The summed E-state index contributed by atoms with van der Waals surface area (Å²) in [5, 5.41) is 21.8. The lowest BCUT2D eigenvalue weighted by molar-refractivity contribution is -0.266. The molecule has 1 saturated heterocycles. The number of allylic oxidation sites excluding steroid dienone is 1. The first-order chi connectivity index (χ1) is 21.3. The average Bonchev–Trinajstić information content (AvgIpc) is 2.93. The van der Waals surface area contributed by atoms with Crippen molar-refractivity contribution in [2.45, 2.75) is 120 Å². The van der Waals surface area contributed by atoms with Gasteiger partial charge in [-0.05, 0) is 86.5 Å². The molecule has 46 heavy (non-hydrogen) atoms. The van der Waals surface area contributed by atoms with Gasteiger partial charge in [-0.1, -0.05) is 54.0 Å². The van der Waals surface area contributed by atoms with Gasteiger partial charge < -0.3 is 24.6 Å². The zero-order chi connectivity index (χ0) is 34.2. The number of carboxylic acid groups (broad SMARTS) is 1. The van der Waals surface area contributed by atoms with Gasteiger partial charge in [0.25, 0.3) is 0 Å². The molecule has 0 amide bonds. The lowest BCUT2D eigenvalue weighted by Crippen LogP contribution is -2.71. The van der Waals surface area contributed by atoms with E-state index in [0.717, 1.165) is 31.3 Å². The summed E-state index contributed by atoms with van der Waals surface area (Å²) in [5.74, 6) is -1.17. The topological polar surface area (TPSA) is 135 Å². The molecule has 12 atom stereocenters. The summed E-state index contributed by atoms with van der Waals surface area (Å²) in [5.41, 5.74) is -2.04. The van der Waals surface area contributed by atoms with Crippen LogP contribution in [0.1, 0.15) is 101 Å². The molecule has 1 heterocycles. The number of esters is 1. The van der Waals surface area contributed by atoms with E-state index < -0.39 is 51.2 Å². The number of nitrogens with one attached hydrogen (secondary N) is 2. The maximum Gasteiger partial charge on any atom is 0.308 e. The van der Waals surface area contributed by atoms with Crippen LogP contribution in [-0.2, 0) is 28.6 Å². The molecule has 0 spiro atoms. The second-order valence-corrected chi connectivity index (χ2v) is 17.0. The predicted octanol–water partition coefficient (Wildman–Crippen LogP) is 6.05. The molecule has 3 saturated carbocycles. The van der Waals surface area contributed by atoms with Crippen LogP contribution in [0.4, 0.5) is 0 Å². The smallest absolute Gasteiger partial charge is 0.308 e. The molecule has 9 nitrogen and oxygen atoms in total. The lowest BCUT2D eigenvalue weighted by Gasteiger charge is -2.70. The first-order valence-electron chi connectivity index (χ1n) is 17.5. The second-order valence-electron chi connectivity index (χ2n) is 17.0. The summed E-state index contributed by atoms with van der Waals surface area (Å²) in [4.78, 5) is 40.6. The SMILES string of the molecule is CC(=N)NC(C)CO[C@H]1[C@H](OC(C)=O)C[C@]23COC[C@@]1(C)[C@@H]2CC[C@H]1C3=CC(=O)[C@@]2(C)[C@H](C(=O)O)[C@@](C)([C@H](C)C(C)C)CC[C@]12C. The van der Waals surface area contributed by atoms with Crippen LogP contribution >= 0.6 is 0 Å². The highest BCUT2D eigenvalue weighted by Crippen LogP contribution is 2.74. The summed E-state index contributed by atoms with van der Waals surface area (Å²) in [6.45, 7) is 21.2. The van der Waals surface area contributed by atoms with Gasteiger partial charge in [-0.15, -0.1) is 0 Å². The van der Waals surface area contributed by atoms with Gasteiger partial charge in [0.05, 0.1) is 31.6 Å². The van der Waals surface area contributed by atoms with E-state index >= 15 is 0 Å². The number of ketones is 1. The van der Waals surface area contributed by atoms with E-state index in [1.165, 1.54) is 6.92 Å². The first-order valence-corrected chi connectivity index (χ1v) is 17.5. The van der Waals surface area contributed by atoms with E-state index in [-0.39, 0.29) is 35.5 Å². The van der Waals surface area contributed by atoms with Gasteiger partial charge in [0.15, 0.2) is 5.78 Å². The monoisotopic (exact) mass is 642 g/mol. The number of fused-ring (bicyclic) bond motifs is 3. The Morgan fingerprint density at radius 1 is 1.09 bits per heavy atom. The third-order valence-corrected chi connectivity index (χ3v) is 14.3. The molecule has 9 heteroatoms. The minimum absolute atomic E-state index is 0.0217. The molecule has 5 aliphatic rings. The lowest BCUT2D eigenvalue weighted by atomic mass is 9.34. The van der Waals surface area contributed by atoms with Crippen LogP contribution < -0.4 is 5.32 Å². The van der Waals surface area contributed by atoms with Crippen LogP contribution in [-0.4, -0.2) is 66.7 Å². The first kappa shape index (κ1) is 35.1. The number of amidine groups is 1. The minimum Gasteiger partial charge on any atom is -0.481 e. The van der Waals surface area contributed by atoms with Crippen molar-refractivity contribution < 1.29 is 33.7 Å². The summed E-state index contributed by atoms with van der Waals surface area (Å²) in [7, 11) is 0. The number of ether oxygens (including phenoxy) is 3. The van der Waals surface area contributed by atoms with Gasteiger partial charge in [-0.25, -0.2) is 0 Å². The largest absolute Gasteiger partial charge is 0.481 e. The van der Waals surface area contributed by atoms with Crippen molar-refractivity contribution in [1.29, 1.82) is 5.41 Å². The zero-order valence-electron chi connectivity index (χ0n) is 29.7. The molecule has 258 valence electrons. The molecule has 3 N–H and O–H groups in total. The van der Waals surface area contributed by atoms with Gasteiger partial charge in [0.1, 0.15) is 12.2 Å². The Bertz CT molecular complexity index is 1310. The van der Waals surface area contributed by atoms with Crippen LogP contribution in [0.3, 0.4) is 0 Å². The Balaban J connectivity index is 1.60. The molecule has 4 fully saturated rings. The molecule has 0 aromatic carbocycles. The fourth-order valence-corrected chi connectivity index (χ4v) is 11.6. The standard InChI is InChI=1S/C37H58N2O7/c1-20(2)22(4)33(7)13-14-35(9)25-11-12-28-34(8)18-44-19-37(28,26(25)15-29(41)36(35,10)30(33)32(42)43)16-27(46-24(6)40)31(34)45-17-21(3)39-23(5)38/h15,20-22,25,27-28,30-31H,11-14,16-19H2,1-10H3,(H2,38,39)(H,42,43)/t21?,22-,25+,27-,28+,30-,31+,33-,34+,35-,36+,37-/m1/s1. The van der Waals surface area contributed by atoms with Crippen molar-refractivity contribution >= 4 is 23.6 Å². The van der Waals surface area contributed by atoms with E-state index in [1.807, 2.05) is 19.9 Å². The molecule has 0 radical (unpaired) electrons. The number of aliphatic carboxylic acids is 1. The van der Waals surface area contributed by atoms with Gasteiger partial charge in [0, 0.05) is 29.2 Å². The number of carbonyl (C=O) groups excluding carboxylic acids is 2. The average molecular weight is 643 g/mol. The number of carboxylic acids is 1. The van der Waals surface area contributed by atoms with E-state index in [2.05, 4.69) is 46.9 Å². The molecule has 1 aliphatic heterocycles. The third-order valence-electron chi connectivity index (χ3n) is 14.3. The molecular formula is C37H58N2O7. The molecule has 1 unspecified atom stereocenters. The third kappa shape index (κ3) is 4.91. The number of hydrogen-bond donors (Lipinski definition) is 3. The molecular weight excluding hydrogens is 584 g/mol. The minimum atomic E-state index is -1.06. The summed E-state index contributed by atoms with van der Waals surface area (Å²) < 4.78 is 19.1. The second kappa shape index (κ2) is 11.7. The Hall–Kier alpha value is -2.26. The Labute approximate surface area is 275 Å². The van der Waals surface area contributed by atoms with E-state index in [4.69, 9.17) is 19.6 Å². The molecule has 0 aromatic rings. The summed E-state index contributed by atoms with van der Waals surface area (Å²) in [6.07, 6.45) is 4.70. The Morgan fingerprint density at radius 2 is 1.76 bits per heavy atom. The van der Waals surface area contributed by atoms with Crippen molar-refractivity contribution in [2.75, 3.05) is 19.8 Å². The molecule has 0 aromatic heterocycles. The van der Waals surface area contributed by atoms with Crippen LogP contribution in [0.2, 0.25) is 0 Å². The van der Waals surface area contributed by atoms with Crippen molar-refractivity contribution in [3.63, 3.8) is 0 Å². The summed E-state index contributed by atoms with van der Waals surface area (Å²) in [6, 6.07) is -0.0973. The quantitative estimate of drug-likeness (QED) is 0.166. The van der Waals surface area contributed by atoms with Gasteiger partial charge in [-0.3, -0.25) is 19.8 Å². The number of hydrogen-bond acceptors (Lipinski definition) is 7. The zero-order valence-corrected chi connectivity index (χ0v) is 29.7. The van der Waals surface area contributed by atoms with Crippen molar-refractivity contribution in [3.8, 4) is 0 Å². The molecule has 5 rings (SSSR count). The van der Waals surface area contributed by atoms with Crippen LogP contribution in [0.15, 0.2) is 11.6 Å². The highest BCUT2D eigenvalue weighted by molar-refractivity contribution is 6.00. The Kier molecular flexibility index (Phi) is 8.93. The molecule has 2 bridgehead atoms. The normalized spacial score (nSPS) is 44.5. The number of rotatable bonds is 8. The Morgan fingerprint density at radius 3 is 2.35 bits per heavy atom. The van der Waals surface area contributed by atoms with Crippen molar-refractivity contribution in [1.82, 2.24) is 5.32 Å². The van der Waals surface area contributed by atoms with Crippen LogP contribution in [0.25, 0.3) is 0 Å². The predicted molar refractivity (Wildman–Crippen MR) is 175 cm³/mol. The summed E-state index contributed by atoms with van der Waals surface area (Å²) >= 11 is 0.